The number of hydrogen-bond acceptors (Lipinski definition) is 2. The second-order valence-electron chi connectivity index (χ2n) is 5.33. The third kappa shape index (κ3) is 2.53. The van der Waals surface area contributed by atoms with Gasteiger partial charge in [0, 0.05) is 20.1 Å². The average Bonchev–Trinajstić information content (AvgIpc) is 2.82. The maximum atomic E-state index is 12.1. The van der Waals surface area contributed by atoms with Crippen molar-refractivity contribution in [1.29, 1.82) is 0 Å². The third-order valence-corrected chi connectivity index (χ3v) is 3.89. The van der Waals surface area contributed by atoms with Crippen molar-refractivity contribution in [2.75, 3.05) is 20.1 Å². The number of likely N-dealkylation sites (tertiary alicyclic amines) is 1. The topological polar surface area (TPSA) is 60.9 Å². The Labute approximate surface area is 101 Å². The number of carboxylic acid groups (broad SMARTS) is 1. The molecule has 0 aromatic carbocycles. The van der Waals surface area contributed by atoms with E-state index in [1.165, 1.54) is 11.3 Å². The number of nitrogens with zero attached hydrogens (tertiary/aromatic N) is 2. The van der Waals surface area contributed by atoms with E-state index in [-0.39, 0.29) is 6.03 Å². The monoisotopic (exact) mass is 240 g/mol. The minimum absolute atomic E-state index is 0.131. The molecular weight excluding hydrogens is 220 g/mol. The molecule has 5 nitrogen and oxygen atoms in total. The normalized spacial score (nSPS) is 31.4. The summed E-state index contributed by atoms with van der Waals surface area (Å²) in [6.07, 6.45) is 2.55. The van der Waals surface area contributed by atoms with Crippen LogP contribution in [0.3, 0.4) is 0 Å². The van der Waals surface area contributed by atoms with Crippen LogP contribution in [0.2, 0.25) is 0 Å². The first-order valence-corrected chi connectivity index (χ1v) is 6.25. The van der Waals surface area contributed by atoms with Gasteiger partial charge in [-0.1, -0.05) is 6.92 Å². The first-order valence-electron chi connectivity index (χ1n) is 6.25. The van der Waals surface area contributed by atoms with Crippen molar-refractivity contribution in [3.8, 4) is 0 Å². The number of rotatable bonds is 3. The highest BCUT2D eigenvalue weighted by Crippen LogP contribution is 2.38. The van der Waals surface area contributed by atoms with E-state index in [1.54, 1.807) is 11.9 Å². The van der Waals surface area contributed by atoms with Crippen molar-refractivity contribution < 1.29 is 14.7 Å². The van der Waals surface area contributed by atoms with Gasteiger partial charge in [-0.15, -0.1) is 0 Å². The summed E-state index contributed by atoms with van der Waals surface area (Å²) < 4.78 is 0. The van der Waals surface area contributed by atoms with E-state index in [0.717, 1.165) is 13.0 Å². The van der Waals surface area contributed by atoms with Crippen LogP contribution in [0.5, 0.6) is 0 Å². The minimum atomic E-state index is -0.885. The summed E-state index contributed by atoms with van der Waals surface area (Å²) in [6, 6.07) is -0.754. The molecule has 2 amide bonds. The SMILES string of the molecule is CC1CC1CN(C)C(=O)N1CCC[C@@H]1C(=O)O. The van der Waals surface area contributed by atoms with Gasteiger partial charge in [-0.05, 0) is 31.1 Å². The van der Waals surface area contributed by atoms with Crippen molar-refractivity contribution >= 4 is 12.0 Å². The molecule has 5 heteroatoms. The fourth-order valence-electron chi connectivity index (χ4n) is 2.55. The summed E-state index contributed by atoms with van der Waals surface area (Å²) in [5.41, 5.74) is 0. The highest BCUT2D eigenvalue weighted by molar-refractivity contribution is 5.83. The lowest BCUT2D eigenvalue weighted by atomic mass is 10.2. The first-order chi connectivity index (χ1) is 8.00. The predicted molar refractivity (Wildman–Crippen MR) is 62.7 cm³/mol. The van der Waals surface area contributed by atoms with Gasteiger partial charge in [0.15, 0.2) is 0 Å². The van der Waals surface area contributed by atoms with Crippen LogP contribution in [-0.2, 0) is 4.79 Å². The Hall–Kier alpha value is -1.26. The lowest BCUT2D eigenvalue weighted by molar-refractivity contribution is -0.141. The van der Waals surface area contributed by atoms with Crippen molar-refractivity contribution in [1.82, 2.24) is 9.80 Å². The Morgan fingerprint density at radius 1 is 1.47 bits per heavy atom. The van der Waals surface area contributed by atoms with E-state index >= 15 is 0 Å². The van der Waals surface area contributed by atoms with Gasteiger partial charge in [0.1, 0.15) is 6.04 Å². The first kappa shape index (κ1) is 12.2. The van der Waals surface area contributed by atoms with Crippen LogP contribution in [0, 0.1) is 11.8 Å². The summed E-state index contributed by atoms with van der Waals surface area (Å²) in [7, 11) is 1.77. The summed E-state index contributed by atoms with van der Waals surface area (Å²) >= 11 is 0. The van der Waals surface area contributed by atoms with Gasteiger partial charge in [-0.25, -0.2) is 9.59 Å². The van der Waals surface area contributed by atoms with Crippen LogP contribution >= 0.6 is 0 Å². The van der Waals surface area contributed by atoms with Crippen LogP contribution < -0.4 is 0 Å². The Bertz CT molecular complexity index is 332. The smallest absolute Gasteiger partial charge is 0.326 e. The lowest BCUT2D eigenvalue weighted by Crippen LogP contribution is -2.47. The molecule has 0 aromatic rings. The molecule has 1 saturated carbocycles. The molecular formula is C12H20N2O3. The van der Waals surface area contributed by atoms with Gasteiger partial charge in [0.05, 0.1) is 0 Å². The van der Waals surface area contributed by atoms with Gasteiger partial charge in [-0.2, -0.15) is 0 Å². The predicted octanol–water partition coefficient (Wildman–Crippen LogP) is 1.24. The minimum Gasteiger partial charge on any atom is -0.480 e. The fraction of sp³-hybridized carbons (Fsp3) is 0.833. The van der Waals surface area contributed by atoms with Crippen LogP contribution in [0.15, 0.2) is 0 Å². The van der Waals surface area contributed by atoms with Crippen LogP contribution in [-0.4, -0.2) is 53.1 Å². The van der Waals surface area contributed by atoms with E-state index in [0.29, 0.717) is 24.8 Å². The molecule has 3 atom stereocenters. The summed E-state index contributed by atoms with van der Waals surface area (Å²) in [5.74, 6) is 0.429. The molecule has 2 unspecified atom stereocenters. The molecule has 1 aliphatic carbocycles. The molecule has 2 fully saturated rings. The Morgan fingerprint density at radius 3 is 2.65 bits per heavy atom. The number of carbonyl (C=O) groups excluding carboxylic acids is 1. The zero-order chi connectivity index (χ0) is 12.6. The molecule has 2 rings (SSSR count). The van der Waals surface area contributed by atoms with E-state index < -0.39 is 12.0 Å². The largest absolute Gasteiger partial charge is 0.480 e. The fourth-order valence-corrected chi connectivity index (χ4v) is 2.55. The van der Waals surface area contributed by atoms with E-state index in [9.17, 15) is 9.59 Å². The van der Waals surface area contributed by atoms with Crippen LogP contribution in [0.25, 0.3) is 0 Å². The van der Waals surface area contributed by atoms with Crippen molar-refractivity contribution in [2.24, 2.45) is 11.8 Å². The van der Waals surface area contributed by atoms with E-state index in [1.807, 2.05) is 0 Å². The highest BCUT2D eigenvalue weighted by Gasteiger charge is 2.38. The Balaban J connectivity index is 1.91. The van der Waals surface area contributed by atoms with Crippen LogP contribution in [0.4, 0.5) is 4.79 Å². The second-order valence-corrected chi connectivity index (χ2v) is 5.33. The number of urea groups is 1. The van der Waals surface area contributed by atoms with Gasteiger partial charge in [0.2, 0.25) is 0 Å². The molecule has 0 bridgehead atoms. The summed E-state index contributed by atoms with van der Waals surface area (Å²) in [4.78, 5) is 26.3. The Kier molecular flexibility index (Phi) is 3.26. The zero-order valence-corrected chi connectivity index (χ0v) is 10.4. The number of aliphatic carboxylic acids is 1. The molecule has 1 heterocycles. The lowest BCUT2D eigenvalue weighted by Gasteiger charge is -2.27. The zero-order valence-electron chi connectivity index (χ0n) is 10.4. The van der Waals surface area contributed by atoms with Gasteiger partial charge >= 0.3 is 12.0 Å². The van der Waals surface area contributed by atoms with Crippen LogP contribution in [0.1, 0.15) is 26.2 Å². The molecule has 1 saturated heterocycles. The summed E-state index contributed by atoms with van der Waals surface area (Å²) in [5, 5.41) is 9.04. The number of carbonyl (C=O) groups is 2. The molecule has 1 aliphatic heterocycles. The van der Waals surface area contributed by atoms with Crippen molar-refractivity contribution in [3.05, 3.63) is 0 Å². The summed E-state index contributed by atoms with van der Waals surface area (Å²) in [6.45, 7) is 3.50. The van der Waals surface area contributed by atoms with E-state index in [2.05, 4.69) is 6.92 Å². The molecule has 0 aromatic heterocycles. The number of amides is 2. The highest BCUT2D eigenvalue weighted by atomic mass is 16.4. The number of hydrogen-bond donors (Lipinski definition) is 1. The number of carboxylic acids is 1. The standard InChI is InChI=1S/C12H20N2O3/c1-8-6-9(8)7-13(2)12(17)14-5-3-4-10(14)11(15)16/h8-10H,3-7H2,1-2H3,(H,15,16)/t8?,9?,10-/m1/s1. The quantitative estimate of drug-likeness (QED) is 0.807. The third-order valence-electron chi connectivity index (χ3n) is 3.89. The van der Waals surface area contributed by atoms with Crippen molar-refractivity contribution in [3.63, 3.8) is 0 Å². The van der Waals surface area contributed by atoms with Gasteiger partial charge in [-0.3, -0.25) is 0 Å². The average molecular weight is 240 g/mol. The molecule has 96 valence electrons. The van der Waals surface area contributed by atoms with Gasteiger partial charge in [0.25, 0.3) is 0 Å². The maximum Gasteiger partial charge on any atom is 0.326 e. The molecule has 17 heavy (non-hydrogen) atoms. The maximum absolute atomic E-state index is 12.1. The van der Waals surface area contributed by atoms with Crippen molar-refractivity contribution in [2.45, 2.75) is 32.2 Å². The molecule has 1 N–H and O–H groups in total. The second kappa shape index (κ2) is 4.55. The molecule has 0 spiro atoms. The van der Waals surface area contributed by atoms with Gasteiger partial charge < -0.3 is 14.9 Å². The Morgan fingerprint density at radius 2 is 2.12 bits per heavy atom. The van der Waals surface area contributed by atoms with E-state index in [4.69, 9.17) is 5.11 Å². The molecule has 0 radical (unpaired) electrons. The molecule has 2 aliphatic rings.